The molecule has 1 rings (SSSR count). The quantitative estimate of drug-likeness (QED) is 0.761. The van der Waals surface area contributed by atoms with Crippen molar-refractivity contribution in [3.8, 4) is 0 Å². The Bertz CT molecular complexity index is 326. The minimum Gasteiger partial charge on any atom is -0.299 e. The van der Waals surface area contributed by atoms with E-state index in [4.69, 9.17) is 0 Å². The van der Waals surface area contributed by atoms with E-state index in [0.717, 1.165) is 19.3 Å². The molecule has 2 nitrogen and oxygen atoms in total. The number of carbonyl (C=O) groups is 2. The van der Waals surface area contributed by atoms with Crippen LogP contribution in [0.15, 0.2) is 0 Å². The van der Waals surface area contributed by atoms with Crippen molar-refractivity contribution in [1.82, 2.24) is 0 Å². The first-order chi connectivity index (χ1) is 8.16. The van der Waals surface area contributed by atoms with Crippen LogP contribution in [0.5, 0.6) is 0 Å². The van der Waals surface area contributed by atoms with Crippen molar-refractivity contribution in [3.63, 3.8) is 0 Å². The lowest BCUT2D eigenvalue weighted by atomic mass is 9.61. The standard InChI is InChI=1S/C16H28O2/c1-10(2)14(17)12-7-8-13(15(18)11(3)4)16(5,6)9-12/h10-13H,7-9H2,1-6H3. The van der Waals surface area contributed by atoms with Gasteiger partial charge in [-0.05, 0) is 24.7 Å². The van der Waals surface area contributed by atoms with E-state index in [1.165, 1.54) is 0 Å². The highest BCUT2D eigenvalue weighted by molar-refractivity contribution is 5.85. The summed E-state index contributed by atoms with van der Waals surface area (Å²) in [6, 6.07) is 0. The lowest BCUT2D eigenvalue weighted by molar-refractivity contribution is -0.136. The summed E-state index contributed by atoms with van der Waals surface area (Å²) in [5.41, 5.74) is -0.0329. The third-order valence-electron chi connectivity index (χ3n) is 4.40. The zero-order chi connectivity index (χ0) is 14.1. The van der Waals surface area contributed by atoms with Gasteiger partial charge in [-0.3, -0.25) is 9.59 Å². The minimum atomic E-state index is -0.0329. The highest BCUT2D eigenvalue weighted by Crippen LogP contribution is 2.45. The van der Waals surface area contributed by atoms with E-state index < -0.39 is 0 Å². The minimum absolute atomic E-state index is 0.0329. The molecule has 0 bridgehead atoms. The summed E-state index contributed by atoms with van der Waals surface area (Å²) in [4.78, 5) is 24.4. The predicted octanol–water partition coefficient (Wildman–Crippen LogP) is 3.88. The molecule has 2 atom stereocenters. The van der Waals surface area contributed by atoms with Crippen molar-refractivity contribution < 1.29 is 9.59 Å². The molecule has 1 fully saturated rings. The maximum atomic E-state index is 12.2. The Kier molecular flexibility index (Phi) is 4.74. The summed E-state index contributed by atoms with van der Waals surface area (Å²) in [7, 11) is 0. The fraction of sp³-hybridized carbons (Fsp3) is 0.875. The van der Waals surface area contributed by atoms with Crippen LogP contribution >= 0.6 is 0 Å². The van der Waals surface area contributed by atoms with Crippen LogP contribution in [0.4, 0.5) is 0 Å². The van der Waals surface area contributed by atoms with E-state index in [-0.39, 0.29) is 29.1 Å². The molecule has 1 aliphatic carbocycles. The number of rotatable bonds is 4. The first-order valence-corrected chi connectivity index (χ1v) is 7.24. The van der Waals surface area contributed by atoms with Crippen LogP contribution in [0, 0.1) is 29.1 Å². The van der Waals surface area contributed by atoms with E-state index >= 15 is 0 Å². The second-order valence-corrected chi connectivity index (χ2v) is 7.13. The first-order valence-electron chi connectivity index (χ1n) is 7.24. The SMILES string of the molecule is CC(C)C(=O)C1CCC(C(=O)C(C)C)C(C)(C)C1. The van der Waals surface area contributed by atoms with Crippen LogP contribution in [-0.4, -0.2) is 11.6 Å². The average Bonchev–Trinajstić information content (AvgIpc) is 2.25. The zero-order valence-electron chi connectivity index (χ0n) is 12.7. The third-order valence-corrected chi connectivity index (χ3v) is 4.40. The largest absolute Gasteiger partial charge is 0.299 e. The zero-order valence-corrected chi connectivity index (χ0v) is 12.7. The van der Waals surface area contributed by atoms with Crippen molar-refractivity contribution in [2.45, 2.75) is 60.8 Å². The second-order valence-electron chi connectivity index (χ2n) is 7.13. The van der Waals surface area contributed by atoms with Gasteiger partial charge in [-0.1, -0.05) is 41.5 Å². The molecule has 0 N–H and O–H groups in total. The topological polar surface area (TPSA) is 34.1 Å². The molecule has 0 aromatic heterocycles. The third kappa shape index (κ3) is 3.21. The van der Waals surface area contributed by atoms with Gasteiger partial charge in [-0.25, -0.2) is 0 Å². The molecule has 1 aliphatic rings. The number of hydrogen-bond acceptors (Lipinski definition) is 2. The van der Waals surface area contributed by atoms with Crippen LogP contribution in [0.3, 0.4) is 0 Å². The Morgan fingerprint density at radius 1 is 0.944 bits per heavy atom. The van der Waals surface area contributed by atoms with Crippen molar-refractivity contribution in [2.75, 3.05) is 0 Å². The molecule has 2 unspecified atom stereocenters. The van der Waals surface area contributed by atoms with Gasteiger partial charge >= 0.3 is 0 Å². The molecule has 2 heteroatoms. The fourth-order valence-electron chi connectivity index (χ4n) is 3.28. The van der Waals surface area contributed by atoms with Gasteiger partial charge in [0.25, 0.3) is 0 Å². The van der Waals surface area contributed by atoms with Gasteiger partial charge in [-0.15, -0.1) is 0 Å². The fourth-order valence-corrected chi connectivity index (χ4v) is 3.28. The van der Waals surface area contributed by atoms with Crippen molar-refractivity contribution >= 4 is 11.6 Å². The van der Waals surface area contributed by atoms with Crippen molar-refractivity contribution in [2.24, 2.45) is 29.1 Å². The summed E-state index contributed by atoms with van der Waals surface area (Å²) >= 11 is 0. The van der Waals surface area contributed by atoms with Crippen molar-refractivity contribution in [3.05, 3.63) is 0 Å². The predicted molar refractivity (Wildman–Crippen MR) is 74.3 cm³/mol. The molecular formula is C16H28O2. The highest BCUT2D eigenvalue weighted by Gasteiger charge is 2.43. The van der Waals surface area contributed by atoms with E-state index in [0.29, 0.717) is 11.6 Å². The second kappa shape index (κ2) is 5.54. The molecule has 0 saturated heterocycles. The number of carbonyl (C=O) groups excluding carboxylic acids is 2. The van der Waals surface area contributed by atoms with E-state index in [1.54, 1.807) is 0 Å². The van der Waals surface area contributed by atoms with Gasteiger partial charge in [0.1, 0.15) is 11.6 Å². The summed E-state index contributed by atoms with van der Waals surface area (Å²) in [6.07, 6.45) is 2.64. The summed E-state index contributed by atoms with van der Waals surface area (Å²) in [5.74, 6) is 1.26. The van der Waals surface area contributed by atoms with Crippen LogP contribution in [0.1, 0.15) is 60.8 Å². The number of ketones is 2. The first kappa shape index (κ1) is 15.4. The maximum absolute atomic E-state index is 12.2. The van der Waals surface area contributed by atoms with Gasteiger partial charge in [0.15, 0.2) is 0 Å². The molecule has 18 heavy (non-hydrogen) atoms. The molecule has 0 aliphatic heterocycles. The highest BCUT2D eigenvalue weighted by atomic mass is 16.1. The van der Waals surface area contributed by atoms with Gasteiger partial charge in [0.05, 0.1) is 0 Å². The Morgan fingerprint density at radius 3 is 1.83 bits per heavy atom. The molecule has 0 heterocycles. The Morgan fingerprint density at radius 2 is 1.44 bits per heavy atom. The molecule has 0 spiro atoms. The van der Waals surface area contributed by atoms with Crippen LogP contribution in [0.25, 0.3) is 0 Å². The summed E-state index contributed by atoms with van der Waals surface area (Å²) in [6.45, 7) is 12.2. The van der Waals surface area contributed by atoms with E-state index in [2.05, 4.69) is 13.8 Å². The molecule has 0 aromatic carbocycles. The number of Topliss-reactive ketones (excluding diaryl/α,β-unsaturated/α-hetero) is 2. The molecule has 0 amide bonds. The van der Waals surface area contributed by atoms with Crippen LogP contribution in [-0.2, 0) is 9.59 Å². The Hall–Kier alpha value is -0.660. The van der Waals surface area contributed by atoms with Crippen molar-refractivity contribution in [1.29, 1.82) is 0 Å². The van der Waals surface area contributed by atoms with Crippen LogP contribution < -0.4 is 0 Å². The normalized spacial score (nSPS) is 27.6. The maximum Gasteiger partial charge on any atom is 0.139 e. The van der Waals surface area contributed by atoms with E-state index in [1.807, 2.05) is 27.7 Å². The van der Waals surface area contributed by atoms with Gasteiger partial charge in [-0.2, -0.15) is 0 Å². The summed E-state index contributed by atoms with van der Waals surface area (Å²) < 4.78 is 0. The summed E-state index contributed by atoms with van der Waals surface area (Å²) in [5, 5.41) is 0. The number of hydrogen-bond donors (Lipinski definition) is 0. The van der Waals surface area contributed by atoms with Gasteiger partial charge in [0.2, 0.25) is 0 Å². The van der Waals surface area contributed by atoms with Crippen LogP contribution in [0.2, 0.25) is 0 Å². The molecule has 104 valence electrons. The Labute approximate surface area is 112 Å². The Balaban J connectivity index is 2.78. The molecule has 0 radical (unpaired) electrons. The average molecular weight is 252 g/mol. The molecular weight excluding hydrogens is 224 g/mol. The molecule has 1 saturated carbocycles. The monoisotopic (exact) mass is 252 g/mol. The molecule has 0 aromatic rings. The van der Waals surface area contributed by atoms with E-state index in [9.17, 15) is 9.59 Å². The lowest BCUT2D eigenvalue weighted by Gasteiger charge is -2.42. The lowest BCUT2D eigenvalue weighted by Crippen LogP contribution is -2.41. The van der Waals surface area contributed by atoms with Gasteiger partial charge in [0, 0.05) is 23.7 Å². The smallest absolute Gasteiger partial charge is 0.139 e. The van der Waals surface area contributed by atoms with Gasteiger partial charge < -0.3 is 0 Å².